The lowest BCUT2D eigenvalue weighted by atomic mass is 9.79. The summed E-state index contributed by atoms with van der Waals surface area (Å²) < 4.78 is 24.2. The van der Waals surface area contributed by atoms with Crippen molar-refractivity contribution in [3.05, 3.63) is 259 Å². The number of aliphatic hydroxyl groups is 2. The van der Waals surface area contributed by atoms with Crippen molar-refractivity contribution in [3.63, 3.8) is 0 Å². The molecule has 0 radical (unpaired) electrons. The molecule has 2 atom stereocenters. The molecule has 0 saturated carbocycles. The minimum Gasteiger partial charge on any atom is -0.456 e. The van der Waals surface area contributed by atoms with Crippen LogP contribution in [0.25, 0.3) is 77.3 Å². The standard InChI is InChI=1S/C24H15ClO.C12H9BO3.C12H8BrCl.C6H7BO2.C6H3Br2Cl.2C4H8O2/c25-19-14-17(16-7-2-1-3-8-16)13-18(15-19)20-10-6-11-22-21-9-4-5-12-23(21)26-24(20)22;14-13(15)10-6-3-5-9-8-4-1-2-7-11(8)16-12(9)10;13-11-6-10(7-12(14)8-11)9-4-2-1-3-5-9;8-7(9)6-4-2-1-3-5-6;7-4-1-5(8)3-6(9)2-4;2*5-4-2-1-3-6-4/h1-15H;1-7,14-15H;1-8H;1-5,8-9H;1-3H;2*4-5H,1-3H2. The van der Waals surface area contributed by atoms with Gasteiger partial charge in [-0.2, -0.15) is 0 Å². The molecule has 12 aromatic rings. The van der Waals surface area contributed by atoms with E-state index in [1.165, 1.54) is 5.56 Å². The van der Waals surface area contributed by atoms with Crippen LogP contribution in [0.2, 0.25) is 15.1 Å². The second kappa shape index (κ2) is 33.3. The van der Waals surface area contributed by atoms with Crippen molar-refractivity contribution in [2.24, 2.45) is 0 Å². The topological polar surface area (TPSA) is 166 Å². The lowest BCUT2D eigenvalue weighted by Crippen LogP contribution is -2.29. The molecule has 2 saturated heterocycles. The van der Waals surface area contributed by atoms with Crippen molar-refractivity contribution in [1.29, 1.82) is 0 Å². The van der Waals surface area contributed by atoms with Gasteiger partial charge in [0.25, 0.3) is 0 Å². The van der Waals surface area contributed by atoms with Crippen molar-refractivity contribution in [3.8, 4) is 33.4 Å². The maximum Gasteiger partial charge on any atom is 0.492 e. The average Bonchev–Trinajstić information content (AvgIpc) is 1.79. The molecule has 6 N–H and O–H groups in total. The van der Waals surface area contributed by atoms with E-state index in [1.807, 2.05) is 133 Å². The summed E-state index contributed by atoms with van der Waals surface area (Å²) in [4.78, 5) is 0. The Bertz CT molecular complexity index is 3970. The van der Waals surface area contributed by atoms with Crippen LogP contribution < -0.4 is 10.9 Å². The minimum atomic E-state index is -1.51. The number of aliphatic hydroxyl groups excluding tert-OH is 2. The third-order valence-electron chi connectivity index (χ3n) is 13.1. The zero-order valence-electron chi connectivity index (χ0n) is 46.1. The molecule has 0 spiro atoms. The van der Waals surface area contributed by atoms with Gasteiger partial charge in [0.1, 0.15) is 22.3 Å². The highest BCUT2D eigenvalue weighted by Crippen LogP contribution is 2.38. The van der Waals surface area contributed by atoms with Crippen LogP contribution in [0.15, 0.2) is 253 Å². The molecule has 438 valence electrons. The molecule has 18 heteroatoms. The van der Waals surface area contributed by atoms with Crippen LogP contribution in [0, 0.1) is 0 Å². The molecule has 10 nitrogen and oxygen atoms in total. The molecule has 2 aliphatic heterocycles. The molecule has 86 heavy (non-hydrogen) atoms. The molecular formula is C68H58B2Br3Cl3O10. The number of rotatable bonds is 5. The molecule has 2 aliphatic rings. The van der Waals surface area contributed by atoms with E-state index >= 15 is 0 Å². The molecular weight excluding hydrogens is 1340 g/mol. The summed E-state index contributed by atoms with van der Waals surface area (Å²) in [6.45, 7) is 1.47. The maximum absolute atomic E-state index is 9.24. The largest absolute Gasteiger partial charge is 0.492 e. The minimum absolute atomic E-state index is 0.397. The Balaban J connectivity index is 0.000000139. The molecule has 4 heterocycles. The fourth-order valence-corrected chi connectivity index (χ4v) is 12.0. The average molecular weight is 1400 g/mol. The van der Waals surface area contributed by atoms with E-state index in [0.717, 1.165) is 133 Å². The summed E-state index contributed by atoms with van der Waals surface area (Å²) in [5.41, 5.74) is 10.7. The number of benzene rings is 10. The fraction of sp³-hybridized carbons (Fsp3) is 0.118. The lowest BCUT2D eigenvalue weighted by molar-refractivity contribution is -0.0593. The smallest absolute Gasteiger partial charge is 0.456 e. The second-order valence-electron chi connectivity index (χ2n) is 19.4. The third kappa shape index (κ3) is 19.5. The number of para-hydroxylation sites is 4. The second-order valence-corrected chi connectivity index (χ2v) is 23.5. The summed E-state index contributed by atoms with van der Waals surface area (Å²) in [5, 5.41) is 59.0. The Labute approximate surface area is 539 Å². The van der Waals surface area contributed by atoms with Gasteiger partial charge in [-0.05, 0) is 113 Å². The van der Waals surface area contributed by atoms with E-state index in [0.29, 0.717) is 16.5 Å². The van der Waals surface area contributed by atoms with Crippen molar-refractivity contribution in [2.75, 3.05) is 13.2 Å². The highest BCUT2D eigenvalue weighted by molar-refractivity contribution is 9.11. The molecule has 0 aliphatic carbocycles. The number of halogens is 6. The summed E-state index contributed by atoms with van der Waals surface area (Å²) >= 11 is 28.1. The first-order valence-electron chi connectivity index (χ1n) is 27.3. The SMILES string of the molecule is Clc1cc(-c2ccccc2)cc(-c2cccc3c2oc2ccccc23)c1.Clc1cc(Br)cc(-c2ccccc2)c1.Clc1cc(Br)cc(Br)c1.OB(O)c1cccc2c1oc1ccccc12.OB(O)c1ccccc1.OC1CCCO1.OC1CCCO1. The lowest BCUT2D eigenvalue weighted by Gasteiger charge is -2.08. The summed E-state index contributed by atoms with van der Waals surface area (Å²) in [6, 6.07) is 74.2. The Morgan fingerprint density at radius 2 is 0.779 bits per heavy atom. The maximum atomic E-state index is 9.24. The number of hydrogen-bond donors (Lipinski definition) is 6. The van der Waals surface area contributed by atoms with Crippen LogP contribution in [0.4, 0.5) is 0 Å². The normalized spacial score (nSPS) is 13.9. The van der Waals surface area contributed by atoms with Crippen molar-refractivity contribution in [2.45, 2.75) is 38.3 Å². The van der Waals surface area contributed by atoms with E-state index in [-0.39, 0.29) is 0 Å². The highest BCUT2D eigenvalue weighted by atomic mass is 79.9. The van der Waals surface area contributed by atoms with Crippen molar-refractivity contribution in [1.82, 2.24) is 0 Å². The summed E-state index contributed by atoms with van der Waals surface area (Å²) in [6.07, 6.45) is 2.76. The first-order chi connectivity index (χ1) is 41.6. The van der Waals surface area contributed by atoms with Crippen LogP contribution >= 0.6 is 82.6 Å². The van der Waals surface area contributed by atoms with E-state index in [9.17, 15) is 10.0 Å². The summed E-state index contributed by atoms with van der Waals surface area (Å²) in [7, 11) is -2.85. The first-order valence-corrected chi connectivity index (χ1v) is 30.8. The van der Waals surface area contributed by atoms with Gasteiger partial charge in [0.05, 0.1) is 0 Å². The van der Waals surface area contributed by atoms with Crippen molar-refractivity contribution >= 4 is 152 Å². The Kier molecular flexibility index (Phi) is 25.5. The third-order valence-corrected chi connectivity index (χ3v) is 15.2. The van der Waals surface area contributed by atoms with Gasteiger partial charge >= 0.3 is 14.2 Å². The number of hydrogen-bond acceptors (Lipinski definition) is 10. The van der Waals surface area contributed by atoms with Gasteiger partial charge in [0, 0.05) is 87.1 Å². The predicted molar refractivity (Wildman–Crippen MR) is 363 cm³/mol. The Morgan fingerprint density at radius 3 is 1.22 bits per heavy atom. The number of fused-ring (bicyclic) bond motifs is 6. The number of furan rings is 2. The van der Waals surface area contributed by atoms with Gasteiger partial charge in [-0.1, -0.05) is 246 Å². The van der Waals surface area contributed by atoms with Gasteiger partial charge in [-0.15, -0.1) is 0 Å². The van der Waals surface area contributed by atoms with Crippen LogP contribution in [0.1, 0.15) is 25.7 Å². The van der Waals surface area contributed by atoms with Crippen molar-refractivity contribution < 1.29 is 48.6 Å². The van der Waals surface area contributed by atoms with Crippen LogP contribution in [-0.4, -0.2) is 70.3 Å². The fourth-order valence-electron chi connectivity index (χ4n) is 9.11. The Morgan fingerprint density at radius 1 is 0.372 bits per heavy atom. The molecule has 0 amide bonds. The van der Waals surface area contributed by atoms with Crippen LogP contribution in [0.5, 0.6) is 0 Å². The number of ether oxygens (including phenoxy) is 2. The van der Waals surface area contributed by atoms with E-state index in [1.54, 1.807) is 36.4 Å². The zero-order valence-corrected chi connectivity index (χ0v) is 53.1. The predicted octanol–water partition coefficient (Wildman–Crippen LogP) is 17.1. The molecule has 2 fully saturated rings. The molecule has 2 aromatic heterocycles. The molecule has 14 rings (SSSR count). The monoisotopic (exact) mass is 1400 g/mol. The Hall–Kier alpha value is -6.08. The van der Waals surface area contributed by atoms with E-state index < -0.39 is 26.8 Å². The van der Waals surface area contributed by atoms with Gasteiger partial charge < -0.3 is 48.6 Å². The van der Waals surface area contributed by atoms with E-state index in [4.69, 9.17) is 73.4 Å². The molecule has 2 unspecified atom stereocenters. The molecule has 10 aromatic carbocycles. The summed E-state index contributed by atoms with van der Waals surface area (Å²) in [5.74, 6) is 0. The first kappa shape index (κ1) is 65.9. The zero-order chi connectivity index (χ0) is 61.0. The van der Waals surface area contributed by atoms with Gasteiger partial charge in [-0.25, -0.2) is 0 Å². The van der Waals surface area contributed by atoms with Gasteiger partial charge in [-0.3, -0.25) is 0 Å². The van der Waals surface area contributed by atoms with Gasteiger partial charge in [0.2, 0.25) is 0 Å². The van der Waals surface area contributed by atoms with Crippen LogP contribution in [0.3, 0.4) is 0 Å². The van der Waals surface area contributed by atoms with Gasteiger partial charge in [0.15, 0.2) is 12.6 Å². The highest BCUT2D eigenvalue weighted by Gasteiger charge is 2.19. The van der Waals surface area contributed by atoms with E-state index in [2.05, 4.69) is 108 Å². The quantitative estimate of drug-likeness (QED) is 0.0914. The van der Waals surface area contributed by atoms with Crippen LogP contribution in [-0.2, 0) is 9.47 Å². The molecule has 0 bridgehead atoms.